The average molecular weight is 473 g/mol. The number of ketones is 1. The first-order valence-electron chi connectivity index (χ1n) is 10.7. The second-order valence-corrected chi connectivity index (χ2v) is 22.6. The molecule has 2 aromatic heterocycles. The highest BCUT2D eigenvalue weighted by Gasteiger charge is 2.59. The van der Waals surface area contributed by atoms with Crippen LogP contribution >= 0.6 is 0 Å². The zero-order chi connectivity index (χ0) is 20.9. The summed E-state index contributed by atoms with van der Waals surface area (Å²) in [5.74, 6) is 0.325. The summed E-state index contributed by atoms with van der Waals surface area (Å²) in [5, 5.41) is 2.78. The fourth-order valence-electron chi connectivity index (χ4n) is 5.89. The van der Waals surface area contributed by atoms with Gasteiger partial charge in [0.25, 0.3) is 0 Å². The molecule has 2 aromatic carbocycles. The Morgan fingerprint density at radius 1 is 0.774 bits per heavy atom. The van der Waals surface area contributed by atoms with Crippen molar-refractivity contribution in [1.29, 1.82) is 0 Å². The lowest BCUT2D eigenvalue weighted by atomic mass is 9.76. The summed E-state index contributed by atoms with van der Waals surface area (Å²) in [4.78, 5) is 13.3. The average Bonchev–Trinajstić information content (AvgIpc) is 3.57. The number of carbonyl (C=O) groups is 1. The number of ether oxygens (including phenoxy) is 1. The van der Waals surface area contributed by atoms with Crippen LogP contribution in [0, 0.1) is 5.92 Å². The van der Waals surface area contributed by atoms with Gasteiger partial charge in [-0.2, -0.15) is 0 Å². The molecule has 1 aliphatic carbocycles. The number of hydrogen-bond donors (Lipinski definition) is 0. The number of Topliss-reactive ketones (excluding diaryl/α,β-unsaturated/α-hetero) is 1. The van der Waals surface area contributed by atoms with E-state index in [1.54, 1.807) is 0 Å². The number of carbonyl (C=O) groups excluding carboxylic acids is 1. The van der Waals surface area contributed by atoms with Crippen molar-refractivity contribution in [3.8, 4) is 10.4 Å². The minimum Gasteiger partial charge on any atom is -0.523 e. The van der Waals surface area contributed by atoms with E-state index >= 15 is 0 Å². The summed E-state index contributed by atoms with van der Waals surface area (Å²) in [5.41, 5.74) is 9.14. The molecule has 4 heterocycles. The van der Waals surface area contributed by atoms with Gasteiger partial charge in [-0.1, -0.05) is 37.4 Å². The van der Waals surface area contributed by atoms with Gasteiger partial charge >= 0.3 is 0 Å². The minimum absolute atomic E-state index is 0.0267. The van der Waals surface area contributed by atoms with Gasteiger partial charge in [0.2, 0.25) is 16.3 Å². The summed E-state index contributed by atoms with van der Waals surface area (Å²) < 4.78 is 18.9. The minimum atomic E-state index is -1.10. The quantitative estimate of drug-likeness (QED) is 0.417. The lowest BCUT2D eigenvalue weighted by molar-refractivity contribution is 0.0526. The van der Waals surface area contributed by atoms with Gasteiger partial charge < -0.3 is 12.9 Å². The fraction of sp³-hybridized carbons (Fsp3) is 0.261. The van der Waals surface area contributed by atoms with Crippen molar-refractivity contribution in [2.45, 2.75) is 18.1 Å². The van der Waals surface area contributed by atoms with Crippen molar-refractivity contribution < 1.29 is 17.7 Å². The molecule has 3 aliphatic rings. The first kappa shape index (κ1) is 18.6. The van der Waals surface area contributed by atoms with Crippen LogP contribution in [0.5, 0.6) is 0 Å². The Morgan fingerprint density at radius 2 is 1.35 bits per heavy atom. The van der Waals surface area contributed by atoms with Crippen LogP contribution in [0.2, 0.25) is 0 Å². The van der Waals surface area contributed by atoms with Crippen LogP contribution in [0.4, 0.5) is 0 Å². The predicted octanol–water partition coefficient (Wildman–Crippen LogP) is 3.75. The fourth-order valence-corrected chi connectivity index (χ4v) is 18.2. The molecular weight excluding hydrogens is 453 g/mol. The highest BCUT2D eigenvalue weighted by Crippen LogP contribution is 2.65. The van der Waals surface area contributed by atoms with E-state index in [4.69, 9.17) is 12.9 Å². The Balaban J connectivity index is 1.47. The molecule has 1 fully saturated rings. The van der Waals surface area contributed by atoms with E-state index in [1.807, 2.05) is 30.7 Å². The van der Waals surface area contributed by atoms with E-state index < -0.39 is 32.1 Å². The third-order valence-electron chi connectivity index (χ3n) is 7.27. The van der Waals surface area contributed by atoms with E-state index in [2.05, 4.69) is 42.6 Å². The van der Waals surface area contributed by atoms with Crippen LogP contribution in [-0.2, 0) is 17.8 Å². The van der Waals surface area contributed by atoms with Crippen molar-refractivity contribution in [2.24, 2.45) is 19.0 Å². The van der Waals surface area contributed by atoms with Gasteiger partial charge in [-0.05, 0) is 50.6 Å². The molecule has 2 aliphatic heterocycles. The highest BCUT2D eigenvalue weighted by atomic mass is 29.0. The van der Waals surface area contributed by atoms with E-state index in [-0.39, 0.29) is 29.8 Å². The van der Waals surface area contributed by atoms with Crippen LogP contribution in [0.25, 0.3) is 10.4 Å². The Kier molecular flexibility index (Phi) is 3.91. The van der Waals surface area contributed by atoms with Gasteiger partial charge in [-0.3, -0.25) is 4.79 Å². The van der Waals surface area contributed by atoms with E-state index in [1.165, 1.54) is 27.1 Å². The Hall–Kier alpha value is -1.98. The molecule has 0 spiro atoms. The predicted molar refractivity (Wildman–Crippen MR) is 123 cm³/mol. The van der Waals surface area contributed by atoms with E-state index in [9.17, 15) is 4.79 Å². The molecular formula is C23H20O4Si4. The first-order valence-corrected chi connectivity index (χ1v) is 19.7. The summed E-state index contributed by atoms with van der Waals surface area (Å²) in [6.07, 6.45) is 3.68. The van der Waals surface area contributed by atoms with Crippen LogP contribution in [-0.4, -0.2) is 37.9 Å². The second kappa shape index (κ2) is 6.52. The first-order chi connectivity index (χ1) is 15.1. The van der Waals surface area contributed by atoms with Crippen LogP contribution < -0.4 is 0 Å². The topological polar surface area (TPSA) is 52.6 Å². The van der Waals surface area contributed by atoms with Crippen LogP contribution in [0.3, 0.4) is 0 Å². The smallest absolute Gasteiger partial charge is 0.246 e. The van der Waals surface area contributed by atoms with Crippen LogP contribution in [0.15, 0.2) is 68.5 Å². The third kappa shape index (κ3) is 2.39. The lowest BCUT2D eigenvalue weighted by Gasteiger charge is -2.24. The monoisotopic (exact) mass is 472 g/mol. The summed E-state index contributed by atoms with van der Waals surface area (Å²) in [7, 11) is -3.52. The van der Waals surface area contributed by atoms with Crippen molar-refractivity contribution in [3.05, 3.63) is 82.5 Å². The van der Waals surface area contributed by atoms with Gasteiger partial charge in [0.1, 0.15) is 0 Å². The SMILES string of the molecule is C[si]1cco[si]1-c1cc2c(cc1-[si]1occ[si]1C)C1OC2C2C(=O)c3ccccc3C12. The van der Waals surface area contributed by atoms with Crippen molar-refractivity contribution in [3.63, 3.8) is 0 Å². The van der Waals surface area contributed by atoms with Gasteiger partial charge in [0.15, 0.2) is 5.78 Å². The summed E-state index contributed by atoms with van der Waals surface area (Å²) in [6, 6.07) is 12.9. The standard InChI is InChI=1S/C23H20O4Si4/c1-28-9-7-25-30(28)17-11-15-16(12-18(17)31-26-8-10-29(31)2)23-20-19(22(15)27-23)13-5-3-4-6-14(13)21(20)24/h3-12,19-20,22-23H,1-2H3. The molecule has 8 heteroatoms. The van der Waals surface area contributed by atoms with Gasteiger partial charge in [-0.25, -0.2) is 0 Å². The molecule has 152 valence electrons. The molecule has 0 amide bonds. The number of aryl methyl sites for hydroxylation is 2. The Morgan fingerprint density at radius 3 is 1.94 bits per heavy atom. The second-order valence-electron chi connectivity index (χ2n) is 8.87. The molecule has 31 heavy (non-hydrogen) atoms. The van der Waals surface area contributed by atoms with Crippen molar-refractivity contribution in [2.75, 3.05) is 0 Å². The zero-order valence-electron chi connectivity index (χ0n) is 17.2. The number of rotatable bonds is 2. The Bertz CT molecular complexity index is 1400. The van der Waals surface area contributed by atoms with Gasteiger partial charge in [0.05, 0.1) is 46.4 Å². The molecule has 7 rings (SSSR count). The highest BCUT2D eigenvalue weighted by molar-refractivity contribution is 7.08. The van der Waals surface area contributed by atoms with Crippen LogP contribution in [0.1, 0.15) is 45.2 Å². The number of fused-ring (bicyclic) bond motifs is 10. The van der Waals surface area contributed by atoms with Gasteiger partial charge in [0, 0.05) is 11.5 Å². The van der Waals surface area contributed by atoms with Crippen molar-refractivity contribution in [1.82, 2.24) is 0 Å². The largest absolute Gasteiger partial charge is 0.523 e. The van der Waals surface area contributed by atoms with E-state index in [0.717, 1.165) is 5.56 Å². The lowest BCUT2D eigenvalue weighted by Crippen LogP contribution is -2.23. The van der Waals surface area contributed by atoms with Gasteiger partial charge in [-0.15, -0.1) is 0 Å². The maximum atomic E-state index is 13.3. The summed E-state index contributed by atoms with van der Waals surface area (Å²) >= 11 is 0. The number of hydrogen-bond acceptors (Lipinski definition) is 4. The van der Waals surface area contributed by atoms with Crippen molar-refractivity contribution >= 4 is 37.9 Å². The molecule has 0 radical (unpaired) electrons. The molecule has 4 nitrogen and oxygen atoms in total. The normalized spacial score (nSPS) is 25.0. The Labute approximate surface area is 185 Å². The zero-order valence-corrected chi connectivity index (χ0v) is 21.2. The molecule has 4 aromatic rings. The molecule has 0 N–H and O–H groups in total. The molecule has 1 saturated heterocycles. The molecule has 4 atom stereocenters. The molecule has 0 saturated carbocycles. The number of benzene rings is 2. The third-order valence-corrected chi connectivity index (χ3v) is 20.4. The maximum Gasteiger partial charge on any atom is 0.246 e. The van der Waals surface area contributed by atoms with E-state index in [0.29, 0.717) is 0 Å². The summed E-state index contributed by atoms with van der Waals surface area (Å²) in [6.45, 7) is 4.70. The molecule has 2 bridgehead atoms. The maximum absolute atomic E-state index is 13.3. The molecule has 4 unspecified atom stereocenters.